The van der Waals surface area contributed by atoms with Crippen molar-refractivity contribution in [2.24, 2.45) is 5.92 Å². The molecule has 0 bridgehead atoms. The number of rotatable bonds is 4. The Morgan fingerprint density at radius 3 is 2.41 bits per heavy atom. The maximum atomic E-state index is 11.0. The van der Waals surface area contributed by atoms with Gasteiger partial charge < -0.3 is 9.47 Å². The summed E-state index contributed by atoms with van der Waals surface area (Å²) < 4.78 is 11.9. The second-order valence-corrected chi connectivity index (χ2v) is 7.41. The van der Waals surface area contributed by atoms with Crippen LogP contribution in [0.25, 0.3) is 0 Å². The number of nitro groups is 1. The third-order valence-corrected chi connectivity index (χ3v) is 3.98. The Hall–Kier alpha value is -1.62. The summed E-state index contributed by atoms with van der Waals surface area (Å²) in [7, 11) is 0. The molecule has 1 aliphatic rings. The second-order valence-electron chi connectivity index (χ2n) is 7.41. The quantitative estimate of drug-likeness (QED) is 0.615. The highest BCUT2D eigenvalue weighted by molar-refractivity contribution is 5.45. The Bertz CT molecular complexity index is 550. The van der Waals surface area contributed by atoms with Gasteiger partial charge in [-0.3, -0.25) is 10.1 Å². The first-order chi connectivity index (χ1) is 10.1. The molecule has 1 aliphatic heterocycles. The molecule has 1 aromatic carbocycles. The first-order valence-electron chi connectivity index (χ1n) is 7.66. The van der Waals surface area contributed by atoms with E-state index in [0.29, 0.717) is 23.8 Å². The fraction of sp³-hybridized carbons (Fsp3) is 0.647. The van der Waals surface area contributed by atoms with Crippen LogP contribution in [0, 0.1) is 23.0 Å². The Labute approximate surface area is 131 Å². The van der Waals surface area contributed by atoms with Gasteiger partial charge in [-0.1, -0.05) is 0 Å². The zero-order chi connectivity index (χ0) is 16.5. The molecule has 0 aromatic heterocycles. The normalized spacial score (nSPS) is 20.6. The molecule has 1 heterocycles. The van der Waals surface area contributed by atoms with E-state index in [2.05, 4.69) is 27.7 Å². The Kier molecular flexibility index (Phi) is 4.47. The summed E-state index contributed by atoms with van der Waals surface area (Å²) in [4.78, 5) is 10.6. The molecule has 22 heavy (non-hydrogen) atoms. The predicted octanol–water partition coefficient (Wildman–Crippen LogP) is 4.27. The van der Waals surface area contributed by atoms with E-state index in [1.807, 2.05) is 0 Å². The maximum absolute atomic E-state index is 11.0. The Morgan fingerprint density at radius 2 is 1.86 bits per heavy atom. The number of benzene rings is 1. The zero-order valence-electron chi connectivity index (χ0n) is 14.0. The van der Waals surface area contributed by atoms with Gasteiger partial charge in [-0.2, -0.15) is 0 Å². The molecule has 0 spiro atoms. The van der Waals surface area contributed by atoms with Gasteiger partial charge in [0.2, 0.25) is 0 Å². The first kappa shape index (κ1) is 16.7. The van der Waals surface area contributed by atoms with Gasteiger partial charge in [0.1, 0.15) is 5.75 Å². The molecule has 0 N–H and O–H groups in total. The van der Waals surface area contributed by atoms with Gasteiger partial charge in [0, 0.05) is 5.56 Å². The average Bonchev–Trinajstić information content (AvgIpc) is 2.33. The lowest BCUT2D eigenvalue weighted by Crippen LogP contribution is -2.46. The van der Waals surface area contributed by atoms with Crippen LogP contribution in [0.15, 0.2) is 18.2 Å². The van der Waals surface area contributed by atoms with E-state index in [-0.39, 0.29) is 21.8 Å². The van der Waals surface area contributed by atoms with E-state index in [1.165, 1.54) is 6.07 Å². The van der Waals surface area contributed by atoms with Crippen LogP contribution in [0.1, 0.15) is 46.1 Å². The number of nitrogens with zero attached hydrogens (tertiary/aromatic N) is 1. The second kappa shape index (κ2) is 5.88. The molecule has 0 amide bonds. The summed E-state index contributed by atoms with van der Waals surface area (Å²) in [6.07, 6.45) is 1.84. The minimum atomic E-state index is -0.372. The van der Waals surface area contributed by atoms with Crippen LogP contribution >= 0.6 is 0 Å². The lowest BCUT2D eigenvalue weighted by Gasteiger charge is -2.45. The van der Waals surface area contributed by atoms with Crippen LogP contribution < -0.4 is 4.74 Å². The van der Waals surface area contributed by atoms with Gasteiger partial charge >= 0.3 is 0 Å². The molecule has 5 heteroatoms. The molecule has 0 saturated carbocycles. The fourth-order valence-corrected chi connectivity index (χ4v) is 3.50. The van der Waals surface area contributed by atoms with Crippen LogP contribution in [0.2, 0.25) is 0 Å². The molecular formula is C17H25NO4. The highest BCUT2D eigenvalue weighted by atomic mass is 16.6. The number of hydrogen-bond acceptors (Lipinski definition) is 4. The summed E-state index contributed by atoms with van der Waals surface area (Å²) in [6.45, 7) is 10.7. The highest BCUT2D eigenvalue weighted by Crippen LogP contribution is 2.38. The van der Waals surface area contributed by atoms with E-state index >= 15 is 0 Å². The van der Waals surface area contributed by atoms with Crippen molar-refractivity contribution in [3.8, 4) is 5.75 Å². The van der Waals surface area contributed by atoms with Crippen LogP contribution in [0.5, 0.6) is 5.75 Å². The summed E-state index contributed by atoms with van der Waals surface area (Å²) in [6, 6.07) is 5.02. The molecule has 1 fully saturated rings. The molecule has 122 valence electrons. The van der Waals surface area contributed by atoms with Crippen molar-refractivity contribution >= 4 is 5.69 Å². The van der Waals surface area contributed by atoms with Gasteiger partial charge in [-0.05, 0) is 65.5 Å². The summed E-state index contributed by atoms with van der Waals surface area (Å²) in [5.74, 6) is 0.929. The topological polar surface area (TPSA) is 61.6 Å². The van der Waals surface area contributed by atoms with E-state index in [9.17, 15) is 10.1 Å². The summed E-state index contributed by atoms with van der Waals surface area (Å²) in [5.41, 5.74) is 0.403. The summed E-state index contributed by atoms with van der Waals surface area (Å²) in [5, 5.41) is 11.0. The van der Waals surface area contributed by atoms with E-state index in [0.717, 1.165) is 12.8 Å². The third kappa shape index (κ3) is 4.19. The third-order valence-electron chi connectivity index (χ3n) is 3.98. The maximum Gasteiger partial charge on any atom is 0.275 e. The molecule has 5 nitrogen and oxygen atoms in total. The number of nitro benzene ring substituents is 1. The van der Waals surface area contributed by atoms with E-state index < -0.39 is 0 Å². The summed E-state index contributed by atoms with van der Waals surface area (Å²) >= 11 is 0. The van der Waals surface area contributed by atoms with Crippen molar-refractivity contribution in [2.75, 3.05) is 6.61 Å². The van der Waals surface area contributed by atoms with Crippen molar-refractivity contribution < 1.29 is 14.4 Å². The minimum absolute atomic E-state index is 0.102. The van der Waals surface area contributed by atoms with Crippen LogP contribution in [0.3, 0.4) is 0 Å². The lowest BCUT2D eigenvalue weighted by atomic mass is 9.81. The molecule has 1 aromatic rings. The van der Waals surface area contributed by atoms with Crippen molar-refractivity contribution in [3.05, 3.63) is 33.9 Å². The fourth-order valence-electron chi connectivity index (χ4n) is 3.50. The predicted molar refractivity (Wildman–Crippen MR) is 85.3 cm³/mol. The molecule has 0 unspecified atom stereocenters. The van der Waals surface area contributed by atoms with Gasteiger partial charge in [-0.15, -0.1) is 0 Å². The molecule has 1 saturated heterocycles. The standard InChI is InChI=1S/C17H25NO4/c1-12-6-7-14(8-15(12)18(19)20)21-11-13-9-16(2,3)22-17(4,5)10-13/h6-8,13H,9-11H2,1-5H3. The van der Waals surface area contributed by atoms with Gasteiger partial charge in [0.15, 0.2) is 0 Å². The average molecular weight is 307 g/mol. The highest BCUT2D eigenvalue weighted by Gasteiger charge is 2.39. The molecule has 2 rings (SSSR count). The van der Waals surface area contributed by atoms with Crippen LogP contribution in [-0.2, 0) is 4.74 Å². The molecule has 0 aliphatic carbocycles. The van der Waals surface area contributed by atoms with Gasteiger partial charge in [-0.25, -0.2) is 0 Å². The van der Waals surface area contributed by atoms with Crippen molar-refractivity contribution in [1.29, 1.82) is 0 Å². The Morgan fingerprint density at radius 1 is 1.27 bits per heavy atom. The monoisotopic (exact) mass is 307 g/mol. The zero-order valence-corrected chi connectivity index (χ0v) is 14.0. The van der Waals surface area contributed by atoms with Crippen molar-refractivity contribution in [3.63, 3.8) is 0 Å². The molecule has 0 radical (unpaired) electrons. The molecular weight excluding hydrogens is 282 g/mol. The first-order valence-corrected chi connectivity index (χ1v) is 7.66. The van der Waals surface area contributed by atoms with Crippen molar-refractivity contribution in [2.45, 2.75) is 58.7 Å². The lowest BCUT2D eigenvalue weighted by molar-refractivity contribution is -0.385. The van der Waals surface area contributed by atoms with Crippen molar-refractivity contribution in [1.82, 2.24) is 0 Å². The smallest absolute Gasteiger partial charge is 0.275 e. The van der Waals surface area contributed by atoms with Crippen LogP contribution in [0.4, 0.5) is 5.69 Å². The SMILES string of the molecule is Cc1ccc(OCC2CC(C)(C)OC(C)(C)C2)cc1[N+](=O)[O-]. The van der Waals surface area contributed by atoms with E-state index in [4.69, 9.17) is 9.47 Å². The largest absolute Gasteiger partial charge is 0.493 e. The number of aryl methyl sites for hydroxylation is 1. The number of ether oxygens (including phenoxy) is 2. The van der Waals surface area contributed by atoms with E-state index in [1.54, 1.807) is 19.1 Å². The molecule has 0 atom stereocenters. The van der Waals surface area contributed by atoms with Crippen LogP contribution in [-0.4, -0.2) is 22.7 Å². The minimum Gasteiger partial charge on any atom is -0.493 e. The Balaban J connectivity index is 2.04. The van der Waals surface area contributed by atoms with Gasteiger partial charge in [0.25, 0.3) is 5.69 Å². The number of hydrogen-bond donors (Lipinski definition) is 0. The van der Waals surface area contributed by atoms with Gasteiger partial charge in [0.05, 0.1) is 28.8 Å².